The Balaban J connectivity index is 1.68. The molecule has 0 amide bonds. The number of rotatable bonds is 11. The Bertz CT molecular complexity index is 1340. The highest BCUT2D eigenvalue weighted by Crippen LogP contribution is 2.36. The first-order valence-corrected chi connectivity index (χ1v) is 15.5. The number of hydrogen-bond acceptors (Lipinski definition) is 8. The van der Waals surface area contributed by atoms with Gasteiger partial charge in [0.1, 0.15) is 22.2 Å². The standard InChI is InChI=1S/C26H32BrFN4O4S2/c1-4-29-21-7-5-6-8-22(21)31-23-15-20(28)25(14-19(23)27)38(33,34)32(26-30-11-12-37-26)16-17-9-10-18(35-2)13-24(17)36-3/h9-15,21-22,29,31H,4-8,16H2,1-3H3/t21-,22-/m0/s1. The van der Waals surface area contributed by atoms with Crippen molar-refractivity contribution < 1.29 is 22.3 Å². The number of ether oxygens (including phenoxy) is 2. The van der Waals surface area contributed by atoms with Crippen LogP contribution in [0.5, 0.6) is 11.5 Å². The number of hydrogen-bond donors (Lipinski definition) is 2. The van der Waals surface area contributed by atoms with Crippen LogP contribution >= 0.6 is 27.3 Å². The van der Waals surface area contributed by atoms with E-state index in [1.807, 2.05) is 0 Å². The first-order valence-electron chi connectivity index (χ1n) is 12.4. The molecule has 0 saturated heterocycles. The predicted molar refractivity (Wildman–Crippen MR) is 152 cm³/mol. The zero-order chi connectivity index (χ0) is 27.3. The van der Waals surface area contributed by atoms with Gasteiger partial charge in [0.15, 0.2) is 5.13 Å². The van der Waals surface area contributed by atoms with E-state index in [-0.39, 0.29) is 23.8 Å². The van der Waals surface area contributed by atoms with Gasteiger partial charge in [0.2, 0.25) is 0 Å². The third kappa shape index (κ3) is 6.24. The highest BCUT2D eigenvalue weighted by Gasteiger charge is 2.32. The number of methoxy groups -OCH3 is 2. The van der Waals surface area contributed by atoms with E-state index >= 15 is 4.39 Å². The van der Waals surface area contributed by atoms with Gasteiger partial charge in [-0.2, -0.15) is 0 Å². The molecule has 1 saturated carbocycles. The average Bonchev–Trinajstić information content (AvgIpc) is 3.44. The number of thiazole rings is 1. The maximum atomic E-state index is 15.6. The Labute approximate surface area is 235 Å². The minimum Gasteiger partial charge on any atom is -0.497 e. The second-order valence-corrected chi connectivity index (χ2v) is 12.5. The molecule has 8 nitrogen and oxygen atoms in total. The monoisotopic (exact) mass is 626 g/mol. The first kappa shape index (κ1) is 28.6. The fourth-order valence-electron chi connectivity index (χ4n) is 4.70. The summed E-state index contributed by atoms with van der Waals surface area (Å²) in [6.07, 6.45) is 5.73. The van der Waals surface area contributed by atoms with Crippen molar-refractivity contribution >= 4 is 48.1 Å². The van der Waals surface area contributed by atoms with Crippen LogP contribution in [0.3, 0.4) is 0 Å². The normalized spacial score (nSPS) is 17.7. The summed E-state index contributed by atoms with van der Waals surface area (Å²) in [6.45, 7) is 2.81. The van der Waals surface area contributed by atoms with Crippen LogP contribution in [0, 0.1) is 5.82 Å². The van der Waals surface area contributed by atoms with Crippen LogP contribution in [-0.2, 0) is 16.6 Å². The van der Waals surface area contributed by atoms with Crippen molar-refractivity contribution in [2.45, 2.75) is 56.1 Å². The number of benzene rings is 2. The number of nitrogens with zero attached hydrogens (tertiary/aromatic N) is 2. The van der Waals surface area contributed by atoms with E-state index in [1.165, 1.54) is 32.5 Å². The number of nitrogens with one attached hydrogen (secondary N) is 2. The SMILES string of the molecule is CCN[C@H]1CCCC[C@@H]1Nc1cc(F)c(S(=O)(=O)N(Cc2ccc(OC)cc2OC)c2nccs2)cc1Br. The molecule has 206 valence electrons. The summed E-state index contributed by atoms with van der Waals surface area (Å²) < 4.78 is 55.7. The molecule has 2 aromatic carbocycles. The maximum Gasteiger partial charge on any atom is 0.269 e. The largest absolute Gasteiger partial charge is 0.497 e. The van der Waals surface area contributed by atoms with E-state index in [0.717, 1.165) is 47.9 Å². The van der Waals surface area contributed by atoms with E-state index in [0.29, 0.717) is 27.2 Å². The summed E-state index contributed by atoms with van der Waals surface area (Å²) in [5.41, 5.74) is 1.10. The molecule has 1 aliphatic carbocycles. The Morgan fingerprint density at radius 2 is 1.92 bits per heavy atom. The number of aromatic nitrogens is 1. The molecular formula is C26H32BrFN4O4S2. The molecular weight excluding hydrogens is 595 g/mol. The van der Waals surface area contributed by atoms with Gasteiger partial charge in [-0.15, -0.1) is 11.3 Å². The summed E-state index contributed by atoms with van der Waals surface area (Å²) >= 11 is 4.63. The molecule has 0 spiro atoms. The van der Waals surface area contributed by atoms with Gasteiger partial charge < -0.3 is 20.1 Å². The van der Waals surface area contributed by atoms with Crippen LogP contribution in [-0.4, -0.2) is 46.2 Å². The fourth-order valence-corrected chi connectivity index (χ4v) is 7.65. The van der Waals surface area contributed by atoms with Crippen molar-refractivity contribution in [2.24, 2.45) is 0 Å². The minimum absolute atomic E-state index is 0.105. The van der Waals surface area contributed by atoms with Gasteiger partial charge in [0.25, 0.3) is 10.0 Å². The van der Waals surface area contributed by atoms with Gasteiger partial charge >= 0.3 is 0 Å². The van der Waals surface area contributed by atoms with Crippen LogP contribution in [0.2, 0.25) is 0 Å². The second kappa shape index (κ2) is 12.6. The average molecular weight is 628 g/mol. The van der Waals surface area contributed by atoms with Gasteiger partial charge in [-0.05, 0) is 59.6 Å². The Kier molecular flexibility index (Phi) is 9.50. The molecule has 12 heteroatoms. The quantitative estimate of drug-likeness (QED) is 0.278. The Morgan fingerprint density at radius 3 is 2.58 bits per heavy atom. The van der Waals surface area contributed by atoms with Crippen molar-refractivity contribution in [3.05, 3.63) is 57.8 Å². The van der Waals surface area contributed by atoms with E-state index < -0.39 is 20.7 Å². The molecule has 2 N–H and O–H groups in total. The third-order valence-corrected chi connectivity index (χ3v) is 9.92. The maximum absolute atomic E-state index is 15.6. The molecule has 1 aliphatic rings. The van der Waals surface area contributed by atoms with Gasteiger partial charge in [-0.25, -0.2) is 22.1 Å². The summed E-state index contributed by atoms with van der Waals surface area (Å²) in [5, 5.41) is 8.82. The van der Waals surface area contributed by atoms with Gasteiger partial charge in [-0.1, -0.05) is 19.8 Å². The molecule has 0 radical (unpaired) electrons. The molecule has 0 aliphatic heterocycles. The van der Waals surface area contributed by atoms with Gasteiger partial charge in [0.05, 0.1) is 26.5 Å². The highest BCUT2D eigenvalue weighted by atomic mass is 79.9. The molecule has 2 atom stereocenters. The number of sulfonamides is 1. The zero-order valence-electron chi connectivity index (χ0n) is 21.5. The smallest absolute Gasteiger partial charge is 0.269 e. The first-order chi connectivity index (χ1) is 18.3. The van der Waals surface area contributed by atoms with Crippen LogP contribution in [0.4, 0.5) is 15.2 Å². The number of anilines is 2. The van der Waals surface area contributed by atoms with Crippen molar-refractivity contribution in [3.63, 3.8) is 0 Å². The lowest BCUT2D eigenvalue weighted by Gasteiger charge is -2.34. The van der Waals surface area contributed by atoms with Gasteiger partial charge in [0, 0.05) is 39.8 Å². The summed E-state index contributed by atoms with van der Waals surface area (Å²) in [7, 11) is -1.30. The number of halogens is 2. The third-order valence-electron chi connectivity index (χ3n) is 6.60. The lowest BCUT2D eigenvalue weighted by Crippen LogP contribution is -2.46. The van der Waals surface area contributed by atoms with Gasteiger partial charge in [-0.3, -0.25) is 0 Å². The predicted octanol–water partition coefficient (Wildman–Crippen LogP) is 5.79. The van der Waals surface area contributed by atoms with Crippen molar-refractivity contribution in [1.82, 2.24) is 10.3 Å². The molecule has 1 fully saturated rings. The van der Waals surface area contributed by atoms with E-state index in [1.54, 1.807) is 23.6 Å². The summed E-state index contributed by atoms with van der Waals surface area (Å²) in [5.74, 6) is 0.182. The Hall–Kier alpha value is -2.41. The molecule has 38 heavy (non-hydrogen) atoms. The lowest BCUT2D eigenvalue weighted by molar-refractivity contribution is 0.349. The molecule has 4 rings (SSSR count). The number of likely N-dealkylation sites (N-methyl/N-ethyl adjacent to an activating group) is 1. The topological polar surface area (TPSA) is 92.8 Å². The van der Waals surface area contributed by atoms with E-state index in [4.69, 9.17) is 9.47 Å². The second-order valence-electron chi connectivity index (χ2n) is 8.97. The fraction of sp³-hybridized carbons (Fsp3) is 0.423. The lowest BCUT2D eigenvalue weighted by atomic mass is 9.90. The summed E-state index contributed by atoms with van der Waals surface area (Å²) in [4.78, 5) is 3.77. The molecule has 1 heterocycles. The van der Waals surface area contributed by atoms with Crippen LogP contribution in [0.25, 0.3) is 0 Å². The molecule has 0 bridgehead atoms. The molecule has 1 aromatic heterocycles. The van der Waals surface area contributed by atoms with Crippen molar-refractivity contribution in [2.75, 3.05) is 30.4 Å². The Morgan fingerprint density at radius 1 is 1.16 bits per heavy atom. The van der Waals surface area contributed by atoms with Crippen molar-refractivity contribution in [3.8, 4) is 11.5 Å². The van der Waals surface area contributed by atoms with Crippen LogP contribution < -0.4 is 24.4 Å². The van der Waals surface area contributed by atoms with E-state index in [9.17, 15) is 8.42 Å². The molecule has 0 unspecified atom stereocenters. The van der Waals surface area contributed by atoms with Crippen molar-refractivity contribution in [1.29, 1.82) is 0 Å². The zero-order valence-corrected chi connectivity index (χ0v) is 24.8. The van der Waals surface area contributed by atoms with E-state index in [2.05, 4.69) is 38.5 Å². The molecule has 3 aromatic rings. The summed E-state index contributed by atoms with van der Waals surface area (Å²) in [6, 6.07) is 8.08. The minimum atomic E-state index is -4.34. The highest BCUT2D eigenvalue weighted by molar-refractivity contribution is 9.10. The van der Waals surface area contributed by atoms with Crippen LogP contribution in [0.1, 0.15) is 38.2 Å². The van der Waals surface area contributed by atoms with Crippen LogP contribution in [0.15, 0.2) is 51.3 Å².